The molecule has 4 aromatic rings. The van der Waals surface area contributed by atoms with Crippen LogP contribution in [0.15, 0.2) is 78.0 Å². The number of benzene rings is 1. The van der Waals surface area contributed by atoms with E-state index in [9.17, 15) is 22.0 Å². The third-order valence-electron chi connectivity index (χ3n) is 14.9. The predicted octanol–water partition coefficient (Wildman–Crippen LogP) is 14.3. The molecule has 2 atom stereocenters. The molecule has 3 fully saturated rings. The molecule has 0 aliphatic heterocycles. The van der Waals surface area contributed by atoms with Crippen molar-refractivity contribution in [2.24, 2.45) is 34.5 Å². The van der Waals surface area contributed by atoms with Crippen molar-refractivity contribution in [3.05, 3.63) is 112 Å². The first kappa shape index (κ1) is 48.3. The molecule has 67 heavy (non-hydrogen) atoms. The molecule has 8 nitrogen and oxygen atoms in total. The topological polar surface area (TPSA) is 101 Å². The summed E-state index contributed by atoms with van der Waals surface area (Å²) >= 11 is 0. The first-order valence-electron chi connectivity index (χ1n) is 24.5. The van der Waals surface area contributed by atoms with E-state index in [-0.39, 0.29) is 30.0 Å². The van der Waals surface area contributed by atoms with Crippen molar-refractivity contribution < 1.29 is 22.0 Å². The summed E-state index contributed by atoms with van der Waals surface area (Å²) in [5, 5.41) is 9.46. The molecule has 3 aromatic heterocycles. The summed E-state index contributed by atoms with van der Waals surface area (Å²) in [4.78, 5) is 22.4. The Bertz CT molecular complexity index is 2430. The summed E-state index contributed by atoms with van der Waals surface area (Å²) in [6.45, 7) is 14.8. The highest BCUT2D eigenvalue weighted by Gasteiger charge is 2.51. The Labute approximate surface area is 393 Å². The lowest BCUT2D eigenvalue weighted by Gasteiger charge is -2.31. The lowest BCUT2D eigenvalue weighted by molar-refractivity contribution is -0.0962. The lowest BCUT2D eigenvalue weighted by atomic mass is 9.76. The second-order valence-electron chi connectivity index (χ2n) is 20.8. The van der Waals surface area contributed by atoms with Gasteiger partial charge in [0.05, 0.1) is 36.2 Å². The fraction of sp³-hybridized carbons (Fsp3) is 0.537. The molecular weight excluding hydrogens is 856 g/mol. The van der Waals surface area contributed by atoms with Crippen LogP contribution in [0, 0.1) is 46.1 Å². The number of aromatic nitrogens is 5. The van der Waals surface area contributed by atoms with Gasteiger partial charge >= 0.3 is 6.18 Å². The van der Waals surface area contributed by atoms with E-state index in [1.54, 1.807) is 30.7 Å². The minimum absolute atomic E-state index is 0.00894. The number of alkyl halides is 3. The molecule has 6 aliphatic carbocycles. The van der Waals surface area contributed by atoms with Crippen LogP contribution in [0.3, 0.4) is 0 Å². The number of allylic oxidation sites excluding steroid dienone is 6. The minimum atomic E-state index is -4.24. The van der Waals surface area contributed by atoms with Crippen LogP contribution >= 0.6 is 0 Å². The van der Waals surface area contributed by atoms with E-state index in [1.807, 2.05) is 12.4 Å². The summed E-state index contributed by atoms with van der Waals surface area (Å²) in [6.07, 6.45) is 18.5. The number of nitrogens with zero attached hydrogens (tertiary/aromatic N) is 5. The summed E-state index contributed by atoms with van der Waals surface area (Å²) in [7, 11) is 0. The van der Waals surface area contributed by atoms with Crippen LogP contribution in [0.4, 0.5) is 39.4 Å². The van der Waals surface area contributed by atoms with E-state index >= 15 is 0 Å². The van der Waals surface area contributed by atoms with Gasteiger partial charge < -0.3 is 16.0 Å². The third-order valence-corrected chi connectivity index (χ3v) is 14.9. The molecule has 3 heterocycles. The highest BCUT2D eigenvalue weighted by molar-refractivity contribution is 5.76. The molecule has 3 N–H and O–H groups in total. The van der Waals surface area contributed by atoms with Gasteiger partial charge in [0.25, 0.3) is 0 Å². The van der Waals surface area contributed by atoms with Crippen LogP contribution in [-0.2, 0) is 6.54 Å². The normalized spacial score (nSPS) is 21.1. The van der Waals surface area contributed by atoms with Gasteiger partial charge in [-0.05, 0) is 172 Å². The Morgan fingerprint density at radius 1 is 0.612 bits per heavy atom. The molecule has 2 spiro atoms. The van der Waals surface area contributed by atoms with Gasteiger partial charge in [0.2, 0.25) is 0 Å². The molecule has 0 radical (unpaired) electrons. The molecule has 0 bridgehead atoms. The molecule has 0 amide bonds. The smallest absolute Gasteiger partial charge is 0.370 e. The maximum Gasteiger partial charge on any atom is 0.412 e. The van der Waals surface area contributed by atoms with Gasteiger partial charge in [0.15, 0.2) is 0 Å². The average Bonchev–Trinajstić information content (AvgIpc) is 4.14. The number of pyridine rings is 1. The Hall–Kier alpha value is -5.20. The first-order valence-corrected chi connectivity index (χ1v) is 24.5. The standard InChI is InChI=1S/C19H25F3N2.C19H19F2N3.C16H23N3/c1-12(2)10-23-18-7-6-15(11-24-18)16-8-13-4-3-5-14(13)9-17(16)19(20,21)22;1-12-5-6-19(7-8-19)18(12)16-10-24-17(11-22-16)23-9-13-14(20)3-2-4-15(13)21;1-11(2)8-18-14-10-17-13(9-19-14)15-12(3)4-5-16(15)6-7-16/h6-7,11-14H,3-5,8-10H2,1-2H3,(H,23,24);2-4,10-11H,5-9H2,1H3,(H,23,24);9-11H,4-8H2,1-3H3,(H,18,19). The Morgan fingerprint density at radius 3 is 1.58 bits per heavy atom. The number of rotatable bonds is 12. The molecule has 2 unspecified atom stereocenters. The molecule has 6 aliphatic rings. The average molecular weight is 923 g/mol. The number of halogens is 5. The second kappa shape index (κ2) is 20.2. The third kappa shape index (κ3) is 11.4. The van der Waals surface area contributed by atoms with Crippen molar-refractivity contribution in [3.63, 3.8) is 0 Å². The zero-order valence-corrected chi connectivity index (χ0v) is 40.0. The van der Waals surface area contributed by atoms with Gasteiger partial charge in [0, 0.05) is 37.0 Å². The molecule has 10 rings (SSSR count). The summed E-state index contributed by atoms with van der Waals surface area (Å²) in [6, 6.07) is 7.43. The second-order valence-corrected chi connectivity index (χ2v) is 20.8. The Kier molecular flexibility index (Phi) is 14.5. The maximum atomic E-state index is 13.6. The van der Waals surface area contributed by atoms with Crippen molar-refractivity contribution in [3.8, 4) is 0 Å². The molecule has 3 saturated carbocycles. The molecule has 1 aromatic carbocycles. The Morgan fingerprint density at radius 2 is 1.12 bits per heavy atom. The maximum absolute atomic E-state index is 13.6. The van der Waals surface area contributed by atoms with Crippen molar-refractivity contribution in [1.82, 2.24) is 24.9 Å². The van der Waals surface area contributed by atoms with Crippen molar-refractivity contribution in [2.45, 2.75) is 138 Å². The summed E-state index contributed by atoms with van der Waals surface area (Å²) < 4.78 is 67.9. The quantitative estimate of drug-likeness (QED) is 0.121. The van der Waals surface area contributed by atoms with Crippen molar-refractivity contribution in [1.29, 1.82) is 0 Å². The summed E-state index contributed by atoms with van der Waals surface area (Å²) in [5.74, 6) is 2.73. The molecule has 0 saturated heterocycles. The van der Waals surface area contributed by atoms with E-state index in [2.05, 4.69) is 82.4 Å². The highest BCUT2D eigenvalue weighted by atomic mass is 19.4. The van der Waals surface area contributed by atoms with Crippen LogP contribution in [0.2, 0.25) is 0 Å². The zero-order valence-electron chi connectivity index (χ0n) is 40.0. The van der Waals surface area contributed by atoms with Crippen LogP contribution in [0.25, 0.3) is 16.7 Å². The van der Waals surface area contributed by atoms with Gasteiger partial charge in [-0.1, -0.05) is 51.3 Å². The van der Waals surface area contributed by atoms with Crippen molar-refractivity contribution >= 4 is 34.2 Å². The number of hydrogen-bond acceptors (Lipinski definition) is 8. The van der Waals surface area contributed by atoms with E-state index in [0.29, 0.717) is 52.0 Å². The van der Waals surface area contributed by atoms with E-state index < -0.39 is 17.8 Å². The minimum Gasteiger partial charge on any atom is -0.370 e. The monoisotopic (exact) mass is 923 g/mol. The van der Waals surface area contributed by atoms with Crippen LogP contribution in [0.1, 0.15) is 148 Å². The van der Waals surface area contributed by atoms with E-state index in [1.165, 1.54) is 85.4 Å². The van der Waals surface area contributed by atoms with Crippen LogP contribution < -0.4 is 16.0 Å². The number of hydrogen-bond donors (Lipinski definition) is 3. The molecule has 358 valence electrons. The molecular formula is C54H67F5N8. The predicted molar refractivity (Wildman–Crippen MR) is 259 cm³/mol. The number of fused-ring (bicyclic) bond motifs is 1. The van der Waals surface area contributed by atoms with Gasteiger partial charge in [-0.3, -0.25) is 9.97 Å². The van der Waals surface area contributed by atoms with E-state index in [0.717, 1.165) is 61.8 Å². The lowest BCUT2D eigenvalue weighted by Crippen LogP contribution is -2.24. The number of nitrogens with one attached hydrogen (secondary N) is 3. The van der Waals surface area contributed by atoms with E-state index in [4.69, 9.17) is 0 Å². The van der Waals surface area contributed by atoms with Gasteiger partial charge in [-0.15, -0.1) is 0 Å². The fourth-order valence-electron chi connectivity index (χ4n) is 10.8. The van der Waals surface area contributed by atoms with Crippen LogP contribution in [-0.4, -0.2) is 44.2 Å². The van der Waals surface area contributed by atoms with Crippen LogP contribution in [0.5, 0.6) is 0 Å². The highest BCUT2D eigenvalue weighted by Crippen LogP contribution is 2.64. The zero-order chi connectivity index (χ0) is 47.5. The van der Waals surface area contributed by atoms with Gasteiger partial charge in [-0.2, -0.15) is 13.2 Å². The van der Waals surface area contributed by atoms with Gasteiger partial charge in [0.1, 0.15) is 29.1 Å². The van der Waals surface area contributed by atoms with Crippen molar-refractivity contribution in [2.75, 3.05) is 29.0 Å². The Balaban J connectivity index is 0.000000137. The summed E-state index contributed by atoms with van der Waals surface area (Å²) in [5.41, 5.74) is 9.44. The SMILES string of the molecule is CC(C)CNc1ccc(C2=C(C(F)(F)F)CC3CCCC3C2)cn1.CC1=C(c2cnc(NCC(C)C)cn2)C2(CC1)CC2.CC1=C(c2cnc(NCc3c(F)cccc3F)cn2)C2(CC1)CC2. The molecule has 13 heteroatoms. The number of anilines is 3. The van der Waals surface area contributed by atoms with Gasteiger partial charge in [-0.25, -0.2) is 23.7 Å². The first-order chi connectivity index (χ1) is 32.0. The largest absolute Gasteiger partial charge is 0.412 e. The fourth-order valence-corrected chi connectivity index (χ4v) is 10.8.